The summed E-state index contributed by atoms with van der Waals surface area (Å²) in [5.41, 5.74) is 1.73. The van der Waals surface area contributed by atoms with Crippen LogP contribution in [0.1, 0.15) is 11.1 Å². The Balaban J connectivity index is 1.54. The molecule has 11 heteroatoms. The van der Waals surface area contributed by atoms with Crippen LogP contribution in [0.4, 0.5) is 18.0 Å². The molecule has 0 saturated heterocycles. The first-order valence-corrected chi connectivity index (χ1v) is 10.6. The van der Waals surface area contributed by atoms with Crippen molar-refractivity contribution in [3.8, 4) is 22.6 Å². The molecule has 0 saturated carbocycles. The number of aromatic nitrogens is 4. The van der Waals surface area contributed by atoms with Crippen molar-refractivity contribution in [1.29, 1.82) is 0 Å². The molecule has 0 aliphatic carbocycles. The van der Waals surface area contributed by atoms with Crippen LogP contribution in [0.3, 0.4) is 0 Å². The Bertz CT molecular complexity index is 1480. The van der Waals surface area contributed by atoms with Gasteiger partial charge in [-0.1, -0.05) is 30.4 Å². The Morgan fingerprint density at radius 2 is 1.72 bits per heavy atom. The van der Waals surface area contributed by atoms with E-state index in [0.29, 0.717) is 22.5 Å². The van der Waals surface area contributed by atoms with Gasteiger partial charge in [-0.05, 0) is 29.8 Å². The first-order valence-electron chi connectivity index (χ1n) is 10.6. The minimum atomic E-state index is -1.58. The van der Waals surface area contributed by atoms with Gasteiger partial charge >= 0.3 is 6.09 Å². The lowest BCUT2D eigenvalue weighted by atomic mass is 10.1. The quantitative estimate of drug-likeness (QED) is 0.375. The topological polar surface area (TPSA) is 110 Å². The van der Waals surface area contributed by atoms with Gasteiger partial charge in [-0.15, -0.1) is 0 Å². The number of hydrogen-bond acceptors (Lipinski definition) is 5. The van der Waals surface area contributed by atoms with Crippen molar-refractivity contribution in [2.24, 2.45) is 0 Å². The fourth-order valence-corrected chi connectivity index (χ4v) is 3.32. The van der Waals surface area contributed by atoms with E-state index < -0.39 is 29.1 Å². The maximum Gasteiger partial charge on any atom is 0.404 e. The van der Waals surface area contributed by atoms with Gasteiger partial charge in [0.1, 0.15) is 0 Å². The molecular weight excluding hydrogens is 475 g/mol. The largest absolute Gasteiger partial charge is 0.465 e. The Kier molecular flexibility index (Phi) is 7.19. The lowest BCUT2D eigenvalue weighted by Gasteiger charge is -2.09. The van der Waals surface area contributed by atoms with Crippen molar-refractivity contribution in [3.63, 3.8) is 0 Å². The number of halogens is 3. The molecule has 2 aromatic heterocycles. The molecule has 2 aromatic carbocycles. The van der Waals surface area contributed by atoms with Gasteiger partial charge in [-0.2, -0.15) is 5.10 Å². The van der Waals surface area contributed by atoms with Crippen molar-refractivity contribution in [2.75, 3.05) is 6.54 Å². The minimum Gasteiger partial charge on any atom is -0.465 e. The van der Waals surface area contributed by atoms with E-state index in [0.717, 1.165) is 16.8 Å². The molecular formula is C25H18F3N5O3. The SMILES string of the molecule is O=C(O)NC/C=C\c1cnc(-c2cccc(Cn3nc(-c4cc(F)c(F)c(F)c4)ccc3=O)c2)nc1. The predicted octanol–water partition coefficient (Wildman–Crippen LogP) is 4.11. The third-order valence-corrected chi connectivity index (χ3v) is 5.02. The summed E-state index contributed by atoms with van der Waals surface area (Å²) < 4.78 is 41.7. The normalized spacial score (nSPS) is 11.1. The molecule has 4 aromatic rings. The van der Waals surface area contributed by atoms with Crippen LogP contribution >= 0.6 is 0 Å². The number of carbonyl (C=O) groups is 1. The Labute approximate surface area is 202 Å². The molecule has 36 heavy (non-hydrogen) atoms. The minimum absolute atomic E-state index is 0.00446. The molecule has 4 rings (SSSR count). The van der Waals surface area contributed by atoms with E-state index in [2.05, 4.69) is 20.4 Å². The van der Waals surface area contributed by atoms with Crippen molar-refractivity contribution >= 4 is 12.2 Å². The van der Waals surface area contributed by atoms with Crippen LogP contribution in [0.25, 0.3) is 28.7 Å². The summed E-state index contributed by atoms with van der Waals surface area (Å²) in [5.74, 6) is -3.85. The monoisotopic (exact) mass is 493 g/mol. The zero-order valence-electron chi connectivity index (χ0n) is 18.5. The summed E-state index contributed by atoms with van der Waals surface area (Å²) >= 11 is 0. The van der Waals surface area contributed by atoms with E-state index in [4.69, 9.17) is 5.11 Å². The highest BCUT2D eigenvalue weighted by Gasteiger charge is 2.13. The number of hydrogen-bond donors (Lipinski definition) is 2. The molecule has 0 bridgehead atoms. The third kappa shape index (κ3) is 5.81. The van der Waals surface area contributed by atoms with E-state index in [9.17, 15) is 22.8 Å². The summed E-state index contributed by atoms with van der Waals surface area (Å²) in [6, 6.07) is 11.3. The predicted molar refractivity (Wildman–Crippen MR) is 125 cm³/mol. The second-order valence-electron chi connectivity index (χ2n) is 7.60. The molecule has 8 nitrogen and oxygen atoms in total. The average Bonchev–Trinajstić information content (AvgIpc) is 2.86. The van der Waals surface area contributed by atoms with Gasteiger partial charge in [0.2, 0.25) is 0 Å². The highest BCUT2D eigenvalue weighted by Crippen LogP contribution is 2.22. The van der Waals surface area contributed by atoms with Gasteiger partial charge in [0.15, 0.2) is 23.3 Å². The summed E-state index contributed by atoms with van der Waals surface area (Å²) in [4.78, 5) is 31.5. The van der Waals surface area contributed by atoms with Crippen LogP contribution in [0.5, 0.6) is 0 Å². The molecule has 0 aliphatic heterocycles. The zero-order chi connectivity index (χ0) is 25.7. The standard InChI is InChI=1S/C25H18F3N5O3/c26-19-10-18(11-20(27)23(19)28)21-6-7-22(34)33(32-21)14-15-3-1-5-17(9-15)24-30-12-16(13-31-24)4-2-8-29-25(35)36/h1-7,9-13,29H,8,14H2,(H,35,36)/b4-2-. The molecule has 2 heterocycles. The summed E-state index contributed by atoms with van der Waals surface area (Å²) in [7, 11) is 0. The lowest BCUT2D eigenvalue weighted by Crippen LogP contribution is -2.22. The zero-order valence-corrected chi connectivity index (χ0v) is 18.5. The smallest absolute Gasteiger partial charge is 0.404 e. The molecule has 0 aliphatic rings. The molecule has 0 unspecified atom stereocenters. The summed E-state index contributed by atoms with van der Waals surface area (Å²) in [6.45, 7) is 0.211. The van der Waals surface area contributed by atoms with E-state index in [1.807, 2.05) is 0 Å². The van der Waals surface area contributed by atoms with Gasteiger partial charge in [-0.25, -0.2) is 32.6 Å². The first kappa shape index (κ1) is 24.3. The molecule has 0 atom stereocenters. The number of nitrogens with one attached hydrogen (secondary N) is 1. The van der Waals surface area contributed by atoms with E-state index in [1.165, 1.54) is 12.1 Å². The van der Waals surface area contributed by atoms with E-state index in [-0.39, 0.29) is 24.3 Å². The van der Waals surface area contributed by atoms with Crippen molar-refractivity contribution < 1.29 is 23.1 Å². The molecule has 182 valence electrons. The highest BCUT2D eigenvalue weighted by molar-refractivity contribution is 5.65. The second-order valence-corrected chi connectivity index (χ2v) is 7.60. The lowest BCUT2D eigenvalue weighted by molar-refractivity contribution is 0.195. The van der Waals surface area contributed by atoms with Crippen LogP contribution < -0.4 is 10.9 Å². The van der Waals surface area contributed by atoms with Crippen molar-refractivity contribution in [2.45, 2.75) is 6.54 Å². The molecule has 0 fully saturated rings. The average molecular weight is 493 g/mol. The van der Waals surface area contributed by atoms with Gasteiger partial charge < -0.3 is 10.4 Å². The van der Waals surface area contributed by atoms with Gasteiger partial charge in [-0.3, -0.25) is 4.79 Å². The second kappa shape index (κ2) is 10.6. The summed E-state index contributed by atoms with van der Waals surface area (Å²) in [6.07, 6.45) is 5.36. The van der Waals surface area contributed by atoms with Crippen LogP contribution in [0, 0.1) is 17.5 Å². The molecule has 0 radical (unpaired) electrons. The van der Waals surface area contributed by atoms with Gasteiger partial charge in [0.25, 0.3) is 5.56 Å². The number of rotatable bonds is 7. The molecule has 0 spiro atoms. The Hall–Kier alpha value is -4.80. The Morgan fingerprint density at radius 3 is 2.42 bits per heavy atom. The maximum absolute atomic E-state index is 13.6. The number of benzene rings is 2. The van der Waals surface area contributed by atoms with E-state index in [1.54, 1.807) is 48.8 Å². The van der Waals surface area contributed by atoms with Crippen LogP contribution in [0.2, 0.25) is 0 Å². The van der Waals surface area contributed by atoms with Crippen LogP contribution in [-0.4, -0.2) is 37.5 Å². The van der Waals surface area contributed by atoms with Gasteiger partial charge in [0.05, 0.1) is 12.2 Å². The van der Waals surface area contributed by atoms with Crippen molar-refractivity contribution in [1.82, 2.24) is 25.1 Å². The van der Waals surface area contributed by atoms with Crippen molar-refractivity contribution in [3.05, 3.63) is 106 Å². The number of amides is 1. The number of nitrogens with zero attached hydrogens (tertiary/aromatic N) is 4. The Morgan fingerprint density at radius 1 is 1.00 bits per heavy atom. The fourth-order valence-electron chi connectivity index (χ4n) is 3.32. The maximum atomic E-state index is 13.6. The summed E-state index contributed by atoms with van der Waals surface area (Å²) in [5, 5.41) is 15.0. The fraction of sp³-hybridized carbons (Fsp3) is 0.0800. The van der Waals surface area contributed by atoms with Crippen LogP contribution in [-0.2, 0) is 6.54 Å². The highest BCUT2D eigenvalue weighted by atomic mass is 19.2. The number of carboxylic acid groups (broad SMARTS) is 1. The molecule has 1 amide bonds. The first-order chi connectivity index (χ1) is 17.3. The van der Waals surface area contributed by atoms with E-state index >= 15 is 0 Å². The van der Waals surface area contributed by atoms with Gasteiger partial charge in [0, 0.05) is 41.7 Å². The third-order valence-electron chi connectivity index (χ3n) is 5.02. The van der Waals surface area contributed by atoms with Crippen LogP contribution in [0.15, 0.2) is 71.8 Å². The molecule has 2 N–H and O–H groups in total.